The third-order valence-electron chi connectivity index (χ3n) is 4.81. The van der Waals surface area contributed by atoms with Crippen LogP contribution < -0.4 is 4.74 Å². The van der Waals surface area contributed by atoms with E-state index in [1.807, 2.05) is 12.1 Å². The first kappa shape index (κ1) is 10.4. The second-order valence-electron chi connectivity index (χ2n) is 5.63. The van der Waals surface area contributed by atoms with Crippen molar-refractivity contribution in [1.29, 1.82) is 0 Å². The van der Waals surface area contributed by atoms with E-state index in [0.717, 1.165) is 23.3 Å². The van der Waals surface area contributed by atoms with Crippen molar-refractivity contribution >= 4 is 5.71 Å². The molecule has 1 aromatic rings. The molecule has 1 aromatic carbocycles. The number of ether oxygens (including phenoxy) is 1. The third kappa shape index (κ3) is 1.33. The number of hydrogen-bond donors (Lipinski definition) is 0. The maximum atomic E-state index is 5.69. The van der Waals surface area contributed by atoms with Crippen LogP contribution in [0.1, 0.15) is 24.8 Å². The molecule has 3 nitrogen and oxygen atoms in total. The summed E-state index contributed by atoms with van der Waals surface area (Å²) in [5.41, 5.74) is 2.35. The van der Waals surface area contributed by atoms with Crippen molar-refractivity contribution in [3.05, 3.63) is 29.8 Å². The molecular formula is C15H17NO2. The van der Waals surface area contributed by atoms with Gasteiger partial charge in [-0.1, -0.05) is 5.16 Å². The zero-order chi connectivity index (χ0) is 12.1. The van der Waals surface area contributed by atoms with Gasteiger partial charge in [0.1, 0.15) is 11.9 Å². The van der Waals surface area contributed by atoms with E-state index in [-0.39, 0.29) is 0 Å². The molecule has 0 spiro atoms. The number of benzene rings is 1. The fourth-order valence-corrected chi connectivity index (χ4v) is 3.95. The smallest absolute Gasteiger partial charge is 0.139 e. The number of methoxy groups -OCH3 is 1. The van der Waals surface area contributed by atoms with E-state index < -0.39 is 0 Å². The van der Waals surface area contributed by atoms with Crippen LogP contribution in [-0.2, 0) is 4.84 Å². The van der Waals surface area contributed by atoms with Crippen molar-refractivity contribution in [3.8, 4) is 5.75 Å². The first-order chi connectivity index (χ1) is 8.86. The van der Waals surface area contributed by atoms with Crippen LogP contribution >= 0.6 is 0 Å². The average molecular weight is 243 g/mol. The highest BCUT2D eigenvalue weighted by Crippen LogP contribution is 2.53. The lowest BCUT2D eigenvalue weighted by Gasteiger charge is -2.23. The van der Waals surface area contributed by atoms with Gasteiger partial charge in [-0.3, -0.25) is 0 Å². The first-order valence-electron chi connectivity index (χ1n) is 6.75. The summed E-state index contributed by atoms with van der Waals surface area (Å²) in [6.45, 7) is 0. The number of nitrogens with zero attached hydrogens (tertiary/aromatic N) is 1. The Kier molecular flexibility index (Phi) is 2.16. The normalized spacial score (nSPS) is 36.2. The standard InChI is InChI=1S/C15H17NO2/c1-17-12-6-4-9(5-7-12)14-13-10-2-3-11(8-10)15(13)18-16-14/h4-7,10-11,13,15H,2-3,8H2,1H3. The molecule has 4 atom stereocenters. The molecule has 3 aliphatic rings. The molecule has 2 aliphatic carbocycles. The van der Waals surface area contributed by atoms with Crippen LogP contribution in [0, 0.1) is 17.8 Å². The summed E-state index contributed by atoms with van der Waals surface area (Å²) in [6.07, 6.45) is 4.38. The van der Waals surface area contributed by atoms with E-state index in [4.69, 9.17) is 9.57 Å². The zero-order valence-corrected chi connectivity index (χ0v) is 10.5. The molecule has 0 aromatic heterocycles. The predicted octanol–water partition coefficient (Wildman–Crippen LogP) is 2.84. The molecule has 2 fully saturated rings. The topological polar surface area (TPSA) is 30.8 Å². The van der Waals surface area contributed by atoms with Gasteiger partial charge >= 0.3 is 0 Å². The summed E-state index contributed by atoms with van der Waals surface area (Å²) >= 11 is 0. The number of hydrogen-bond acceptors (Lipinski definition) is 3. The third-order valence-corrected chi connectivity index (χ3v) is 4.81. The van der Waals surface area contributed by atoms with Crippen LogP contribution in [-0.4, -0.2) is 18.9 Å². The molecule has 1 heterocycles. The summed E-state index contributed by atoms with van der Waals surface area (Å²) in [5, 5.41) is 4.36. The van der Waals surface area contributed by atoms with Crippen molar-refractivity contribution < 1.29 is 9.57 Å². The van der Waals surface area contributed by atoms with E-state index >= 15 is 0 Å². The molecule has 3 heteroatoms. The fraction of sp³-hybridized carbons (Fsp3) is 0.533. The molecule has 2 saturated carbocycles. The Labute approximate surface area is 107 Å². The number of rotatable bonds is 2. The minimum atomic E-state index is 0.362. The highest BCUT2D eigenvalue weighted by molar-refractivity contribution is 6.03. The van der Waals surface area contributed by atoms with Crippen LogP contribution in [0.2, 0.25) is 0 Å². The van der Waals surface area contributed by atoms with Crippen molar-refractivity contribution in [2.75, 3.05) is 7.11 Å². The summed E-state index contributed by atoms with van der Waals surface area (Å²) in [6, 6.07) is 8.18. The lowest BCUT2D eigenvalue weighted by Crippen LogP contribution is -2.29. The van der Waals surface area contributed by atoms with Crippen molar-refractivity contribution in [2.45, 2.75) is 25.4 Å². The van der Waals surface area contributed by atoms with Crippen LogP contribution in [0.3, 0.4) is 0 Å². The van der Waals surface area contributed by atoms with Gasteiger partial charge in [0.25, 0.3) is 0 Å². The minimum absolute atomic E-state index is 0.362. The van der Waals surface area contributed by atoms with Crippen LogP contribution in [0.15, 0.2) is 29.4 Å². The lowest BCUT2D eigenvalue weighted by molar-refractivity contribution is 0.0275. The van der Waals surface area contributed by atoms with Gasteiger partial charge in [-0.2, -0.15) is 0 Å². The zero-order valence-electron chi connectivity index (χ0n) is 10.5. The van der Waals surface area contributed by atoms with E-state index in [1.54, 1.807) is 7.11 Å². The molecule has 1 aliphatic heterocycles. The van der Waals surface area contributed by atoms with E-state index in [9.17, 15) is 0 Å². The number of fused-ring (bicyclic) bond motifs is 5. The molecule has 0 saturated heterocycles. The Morgan fingerprint density at radius 1 is 1.17 bits per heavy atom. The van der Waals surface area contributed by atoms with Crippen molar-refractivity contribution in [3.63, 3.8) is 0 Å². The molecule has 4 rings (SSSR count). The van der Waals surface area contributed by atoms with Crippen LogP contribution in [0.4, 0.5) is 0 Å². The van der Waals surface area contributed by atoms with Crippen LogP contribution in [0.5, 0.6) is 5.75 Å². The van der Waals surface area contributed by atoms with Gasteiger partial charge in [-0.15, -0.1) is 0 Å². The first-order valence-corrected chi connectivity index (χ1v) is 6.75. The number of oxime groups is 1. The molecule has 94 valence electrons. The molecular weight excluding hydrogens is 226 g/mol. The molecule has 18 heavy (non-hydrogen) atoms. The lowest BCUT2D eigenvalue weighted by atomic mass is 9.81. The summed E-state index contributed by atoms with van der Waals surface area (Å²) < 4.78 is 5.20. The van der Waals surface area contributed by atoms with Gasteiger partial charge in [0, 0.05) is 11.5 Å². The largest absolute Gasteiger partial charge is 0.497 e. The van der Waals surface area contributed by atoms with Gasteiger partial charge in [0.2, 0.25) is 0 Å². The van der Waals surface area contributed by atoms with Gasteiger partial charge in [-0.25, -0.2) is 0 Å². The maximum absolute atomic E-state index is 5.69. The summed E-state index contributed by atoms with van der Waals surface area (Å²) in [7, 11) is 1.69. The SMILES string of the molecule is COc1ccc(C2=NOC3C4CCC(C4)C23)cc1. The Morgan fingerprint density at radius 2 is 1.94 bits per heavy atom. The highest BCUT2D eigenvalue weighted by atomic mass is 16.6. The van der Waals surface area contributed by atoms with Gasteiger partial charge in [0.15, 0.2) is 0 Å². The Morgan fingerprint density at radius 3 is 2.72 bits per heavy atom. The molecule has 2 bridgehead atoms. The average Bonchev–Trinajstić information content (AvgIpc) is 3.11. The second-order valence-corrected chi connectivity index (χ2v) is 5.63. The minimum Gasteiger partial charge on any atom is -0.497 e. The monoisotopic (exact) mass is 243 g/mol. The van der Waals surface area contributed by atoms with Crippen LogP contribution in [0.25, 0.3) is 0 Å². The van der Waals surface area contributed by atoms with E-state index in [0.29, 0.717) is 12.0 Å². The second kappa shape index (κ2) is 3.74. The summed E-state index contributed by atoms with van der Waals surface area (Å²) in [4.78, 5) is 5.69. The van der Waals surface area contributed by atoms with Gasteiger partial charge in [-0.05, 0) is 55.4 Å². The molecule has 0 amide bonds. The van der Waals surface area contributed by atoms with Crippen molar-refractivity contribution in [2.24, 2.45) is 22.9 Å². The Balaban J connectivity index is 1.65. The van der Waals surface area contributed by atoms with E-state index in [2.05, 4.69) is 17.3 Å². The van der Waals surface area contributed by atoms with Crippen molar-refractivity contribution in [1.82, 2.24) is 0 Å². The predicted molar refractivity (Wildman–Crippen MR) is 68.7 cm³/mol. The summed E-state index contributed by atoms with van der Waals surface area (Å²) in [5.74, 6) is 2.97. The molecule has 0 radical (unpaired) electrons. The highest BCUT2D eigenvalue weighted by Gasteiger charge is 2.54. The van der Waals surface area contributed by atoms with Gasteiger partial charge in [0.05, 0.1) is 12.8 Å². The fourth-order valence-electron chi connectivity index (χ4n) is 3.95. The Bertz CT molecular complexity index is 494. The molecule has 0 N–H and O–H groups in total. The Hall–Kier alpha value is -1.51. The maximum Gasteiger partial charge on any atom is 0.139 e. The van der Waals surface area contributed by atoms with Gasteiger partial charge < -0.3 is 9.57 Å². The quantitative estimate of drug-likeness (QED) is 0.799. The molecule has 4 unspecified atom stereocenters. The van der Waals surface area contributed by atoms with E-state index in [1.165, 1.54) is 24.8 Å².